The normalized spacial score (nSPS) is 13.7. The van der Waals surface area contributed by atoms with E-state index in [0.29, 0.717) is 29.2 Å². The van der Waals surface area contributed by atoms with Crippen LogP contribution in [0.4, 0.5) is 11.4 Å². The Balaban J connectivity index is 1.84. The van der Waals surface area contributed by atoms with E-state index in [4.69, 9.17) is 4.74 Å². The van der Waals surface area contributed by atoms with Gasteiger partial charge in [-0.05, 0) is 81.1 Å². The third-order valence-electron chi connectivity index (χ3n) is 6.00. The lowest BCUT2D eigenvalue weighted by Gasteiger charge is -2.19. The smallest absolute Gasteiger partial charge is 0.282 e. The number of benzene rings is 3. The minimum atomic E-state index is -0.363. The van der Waals surface area contributed by atoms with Crippen molar-refractivity contribution < 1.29 is 14.3 Å². The molecular formula is C28H28N2O3. The number of aryl methyl sites for hydroxylation is 3. The molecule has 0 aromatic heterocycles. The lowest BCUT2D eigenvalue weighted by atomic mass is 10.0. The van der Waals surface area contributed by atoms with Gasteiger partial charge in [-0.3, -0.25) is 9.59 Å². The molecule has 5 heteroatoms. The SMILES string of the molecule is CCOc1ccc(C2=C(Nc3ccc(C)cc3C)C(=O)N(c3cccc(C)c3C)C2=O)cc1. The van der Waals surface area contributed by atoms with E-state index in [2.05, 4.69) is 5.32 Å². The first-order valence-electron chi connectivity index (χ1n) is 11.1. The largest absolute Gasteiger partial charge is 0.494 e. The highest BCUT2D eigenvalue weighted by atomic mass is 16.5. The second-order valence-corrected chi connectivity index (χ2v) is 8.32. The highest BCUT2D eigenvalue weighted by Gasteiger charge is 2.41. The Morgan fingerprint density at radius 2 is 1.58 bits per heavy atom. The summed E-state index contributed by atoms with van der Waals surface area (Å²) in [4.78, 5) is 28.7. The molecule has 5 nitrogen and oxygen atoms in total. The summed E-state index contributed by atoms with van der Waals surface area (Å²) in [5.41, 5.74) is 6.74. The van der Waals surface area contributed by atoms with Crippen LogP contribution >= 0.6 is 0 Å². The fourth-order valence-corrected chi connectivity index (χ4v) is 4.08. The number of anilines is 2. The van der Waals surface area contributed by atoms with Crippen LogP contribution in [0, 0.1) is 27.7 Å². The van der Waals surface area contributed by atoms with Gasteiger partial charge in [0.25, 0.3) is 11.8 Å². The third-order valence-corrected chi connectivity index (χ3v) is 6.00. The molecule has 1 heterocycles. The lowest BCUT2D eigenvalue weighted by molar-refractivity contribution is -0.120. The zero-order valence-corrected chi connectivity index (χ0v) is 19.7. The van der Waals surface area contributed by atoms with Gasteiger partial charge < -0.3 is 10.1 Å². The van der Waals surface area contributed by atoms with E-state index < -0.39 is 0 Å². The average Bonchev–Trinajstić information content (AvgIpc) is 3.02. The van der Waals surface area contributed by atoms with Crippen molar-refractivity contribution in [1.82, 2.24) is 0 Å². The van der Waals surface area contributed by atoms with Crippen molar-refractivity contribution >= 4 is 28.8 Å². The maximum absolute atomic E-state index is 13.7. The van der Waals surface area contributed by atoms with Gasteiger partial charge in [0.15, 0.2) is 0 Å². The topological polar surface area (TPSA) is 58.6 Å². The number of carbonyl (C=O) groups is 2. The summed E-state index contributed by atoms with van der Waals surface area (Å²) < 4.78 is 5.55. The summed E-state index contributed by atoms with van der Waals surface area (Å²) in [6.45, 7) is 10.4. The molecule has 1 N–H and O–H groups in total. The Bertz CT molecular complexity index is 1270. The van der Waals surface area contributed by atoms with Gasteiger partial charge in [-0.2, -0.15) is 0 Å². The van der Waals surface area contributed by atoms with E-state index in [-0.39, 0.29) is 17.5 Å². The van der Waals surface area contributed by atoms with Crippen molar-refractivity contribution in [3.8, 4) is 5.75 Å². The molecule has 168 valence electrons. The molecule has 33 heavy (non-hydrogen) atoms. The monoisotopic (exact) mass is 440 g/mol. The number of imide groups is 1. The molecule has 0 saturated carbocycles. The van der Waals surface area contributed by atoms with E-state index in [1.165, 1.54) is 4.90 Å². The summed E-state index contributed by atoms with van der Waals surface area (Å²) in [7, 11) is 0. The second-order valence-electron chi connectivity index (χ2n) is 8.32. The van der Waals surface area contributed by atoms with Crippen LogP contribution in [0.3, 0.4) is 0 Å². The van der Waals surface area contributed by atoms with E-state index in [9.17, 15) is 9.59 Å². The van der Waals surface area contributed by atoms with Crippen LogP contribution in [0.25, 0.3) is 5.57 Å². The fraction of sp³-hybridized carbons (Fsp3) is 0.214. The molecule has 0 radical (unpaired) electrons. The van der Waals surface area contributed by atoms with Crippen molar-refractivity contribution in [3.63, 3.8) is 0 Å². The molecule has 0 spiro atoms. The van der Waals surface area contributed by atoms with Gasteiger partial charge in [0, 0.05) is 5.69 Å². The lowest BCUT2D eigenvalue weighted by Crippen LogP contribution is -2.33. The minimum absolute atomic E-state index is 0.275. The second kappa shape index (κ2) is 8.94. The van der Waals surface area contributed by atoms with Crippen molar-refractivity contribution in [2.45, 2.75) is 34.6 Å². The summed E-state index contributed by atoms with van der Waals surface area (Å²) in [6.07, 6.45) is 0. The summed E-state index contributed by atoms with van der Waals surface area (Å²) >= 11 is 0. The quantitative estimate of drug-likeness (QED) is 0.499. The minimum Gasteiger partial charge on any atom is -0.494 e. The molecule has 0 aliphatic carbocycles. The summed E-state index contributed by atoms with van der Waals surface area (Å²) in [6, 6.07) is 18.9. The molecule has 0 atom stereocenters. The first kappa shape index (κ1) is 22.3. The summed E-state index contributed by atoms with van der Waals surface area (Å²) in [5.74, 6) is 0.0107. The zero-order chi connectivity index (χ0) is 23.7. The zero-order valence-electron chi connectivity index (χ0n) is 19.7. The van der Waals surface area contributed by atoms with Crippen LogP contribution in [0.2, 0.25) is 0 Å². The molecule has 0 fully saturated rings. The fourth-order valence-electron chi connectivity index (χ4n) is 4.08. The number of nitrogens with one attached hydrogen (secondary N) is 1. The van der Waals surface area contributed by atoms with Gasteiger partial charge in [0.2, 0.25) is 0 Å². The third kappa shape index (κ3) is 4.14. The van der Waals surface area contributed by atoms with Crippen molar-refractivity contribution in [2.75, 3.05) is 16.8 Å². The van der Waals surface area contributed by atoms with Gasteiger partial charge in [0.1, 0.15) is 11.4 Å². The first-order valence-corrected chi connectivity index (χ1v) is 11.1. The van der Waals surface area contributed by atoms with E-state index in [1.54, 1.807) is 0 Å². The van der Waals surface area contributed by atoms with E-state index >= 15 is 0 Å². The van der Waals surface area contributed by atoms with E-state index in [0.717, 1.165) is 27.9 Å². The average molecular weight is 441 g/mol. The molecule has 3 aromatic carbocycles. The molecule has 0 unspecified atom stereocenters. The Kier molecular flexibility index (Phi) is 6.05. The Labute approximate surface area is 194 Å². The van der Waals surface area contributed by atoms with Crippen LogP contribution in [-0.2, 0) is 9.59 Å². The van der Waals surface area contributed by atoms with Gasteiger partial charge in [0.05, 0.1) is 17.9 Å². The highest BCUT2D eigenvalue weighted by molar-refractivity contribution is 6.46. The van der Waals surface area contributed by atoms with Crippen molar-refractivity contribution in [3.05, 3.63) is 94.2 Å². The van der Waals surface area contributed by atoms with Gasteiger partial charge in [-0.25, -0.2) is 4.90 Å². The standard InChI is InChI=1S/C28H28N2O3/c1-6-33-22-13-11-21(12-14-22)25-26(29-23-15-10-17(2)16-19(23)4)28(32)30(27(25)31)24-9-7-8-18(3)20(24)5/h7-16,29H,6H2,1-5H3. The van der Waals surface area contributed by atoms with Crippen LogP contribution < -0.4 is 15.0 Å². The maximum atomic E-state index is 13.7. The van der Waals surface area contributed by atoms with Gasteiger partial charge in [-0.1, -0.05) is 42.0 Å². The number of carbonyl (C=O) groups excluding carboxylic acids is 2. The van der Waals surface area contributed by atoms with Crippen molar-refractivity contribution in [1.29, 1.82) is 0 Å². The van der Waals surface area contributed by atoms with Crippen LogP contribution in [-0.4, -0.2) is 18.4 Å². The summed E-state index contributed by atoms with van der Waals surface area (Å²) in [5, 5.41) is 3.28. The maximum Gasteiger partial charge on any atom is 0.282 e. The van der Waals surface area contributed by atoms with Crippen molar-refractivity contribution in [2.24, 2.45) is 0 Å². The molecule has 4 rings (SSSR count). The van der Waals surface area contributed by atoms with Gasteiger partial charge in [-0.15, -0.1) is 0 Å². The highest BCUT2D eigenvalue weighted by Crippen LogP contribution is 2.36. The predicted molar refractivity (Wildman–Crippen MR) is 132 cm³/mol. The van der Waals surface area contributed by atoms with Crippen LogP contribution in [0.1, 0.15) is 34.7 Å². The molecule has 0 saturated heterocycles. The Morgan fingerprint density at radius 3 is 2.24 bits per heavy atom. The number of amides is 2. The number of rotatable bonds is 6. The van der Waals surface area contributed by atoms with Crippen LogP contribution in [0.15, 0.2) is 66.4 Å². The Hall–Kier alpha value is -3.86. The number of nitrogens with zero attached hydrogens (tertiary/aromatic N) is 1. The number of ether oxygens (including phenoxy) is 1. The Morgan fingerprint density at radius 1 is 0.848 bits per heavy atom. The molecule has 1 aliphatic heterocycles. The molecule has 0 bridgehead atoms. The molecular weight excluding hydrogens is 412 g/mol. The molecule has 3 aromatic rings. The molecule has 2 amide bonds. The molecule has 1 aliphatic rings. The van der Waals surface area contributed by atoms with Crippen LogP contribution in [0.5, 0.6) is 5.75 Å². The number of hydrogen-bond donors (Lipinski definition) is 1. The van der Waals surface area contributed by atoms with E-state index in [1.807, 2.05) is 95.3 Å². The number of hydrogen-bond acceptors (Lipinski definition) is 4. The van der Waals surface area contributed by atoms with Gasteiger partial charge >= 0.3 is 0 Å². The first-order chi connectivity index (χ1) is 15.8. The predicted octanol–water partition coefficient (Wildman–Crippen LogP) is 5.72.